The van der Waals surface area contributed by atoms with E-state index in [1.54, 1.807) is 0 Å². The number of aldehydes is 1. The van der Waals surface area contributed by atoms with Crippen molar-refractivity contribution in [3.05, 3.63) is 11.6 Å². The number of allylic oxidation sites excluding steroid dienone is 2. The Balaban J connectivity index is 1.71. The molecule has 5 heteroatoms. The lowest BCUT2D eigenvalue weighted by Crippen LogP contribution is -2.44. The zero-order valence-electron chi connectivity index (χ0n) is 17.8. The smallest absolute Gasteiger partial charge is 0.191 e. The van der Waals surface area contributed by atoms with Crippen molar-refractivity contribution in [1.29, 1.82) is 0 Å². The van der Waals surface area contributed by atoms with E-state index in [0.717, 1.165) is 57.2 Å². The largest absolute Gasteiger partial charge is 0.416 e. The molecule has 0 radical (unpaired) electrons. The fraction of sp³-hybridized carbons (Fsp3) is 0.864. The Morgan fingerprint density at radius 1 is 1.26 bits per heavy atom. The van der Waals surface area contributed by atoms with Crippen LogP contribution in [0.1, 0.15) is 59.3 Å². The molecule has 0 N–H and O–H groups in total. The molecule has 3 aliphatic rings. The summed E-state index contributed by atoms with van der Waals surface area (Å²) in [5.41, 5.74) is 0.967. The first-order chi connectivity index (χ1) is 12.7. The number of hydrogen-bond donors (Lipinski definition) is 0. The zero-order valence-corrected chi connectivity index (χ0v) is 18.8. The van der Waals surface area contributed by atoms with Crippen LogP contribution in [-0.2, 0) is 18.7 Å². The molecule has 1 saturated heterocycles. The lowest BCUT2D eigenvalue weighted by molar-refractivity contribution is -0.197. The quantitative estimate of drug-likeness (QED) is 0.465. The Kier molecular flexibility index (Phi) is 6.66. The Hall–Kier alpha value is -0.493. The molecule has 1 aliphatic heterocycles. The summed E-state index contributed by atoms with van der Waals surface area (Å²) < 4.78 is 19.0. The van der Waals surface area contributed by atoms with Crippen molar-refractivity contribution in [1.82, 2.24) is 0 Å². The second-order valence-electron chi connectivity index (χ2n) is 10.2. The molecular formula is C22H38O4Si. The normalized spacial score (nSPS) is 34.9. The molecule has 1 saturated carbocycles. The predicted octanol–water partition coefficient (Wildman–Crippen LogP) is 5.09. The fourth-order valence-electron chi connectivity index (χ4n) is 4.54. The average molecular weight is 395 g/mol. The lowest BCUT2D eigenvalue weighted by atomic mass is 9.79. The van der Waals surface area contributed by atoms with E-state index in [4.69, 9.17) is 13.9 Å². The van der Waals surface area contributed by atoms with Crippen molar-refractivity contribution in [2.45, 2.75) is 89.8 Å². The van der Waals surface area contributed by atoms with Gasteiger partial charge in [-0.1, -0.05) is 26.8 Å². The molecule has 0 aromatic carbocycles. The van der Waals surface area contributed by atoms with Gasteiger partial charge in [-0.2, -0.15) is 0 Å². The molecule has 4 nitrogen and oxygen atoms in total. The molecular weight excluding hydrogens is 356 g/mol. The van der Waals surface area contributed by atoms with Crippen LogP contribution in [0.4, 0.5) is 0 Å². The van der Waals surface area contributed by atoms with Gasteiger partial charge >= 0.3 is 0 Å². The molecule has 3 rings (SSSR count). The third kappa shape index (κ3) is 4.92. The van der Waals surface area contributed by atoms with Crippen LogP contribution in [0.15, 0.2) is 11.6 Å². The summed E-state index contributed by atoms with van der Waals surface area (Å²) in [5.74, 6) is 1.41. The first kappa shape index (κ1) is 21.2. The van der Waals surface area contributed by atoms with Crippen LogP contribution >= 0.6 is 0 Å². The highest BCUT2D eigenvalue weighted by molar-refractivity contribution is 6.74. The molecule has 5 unspecified atom stereocenters. The van der Waals surface area contributed by atoms with Gasteiger partial charge in [-0.3, -0.25) is 4.79 Å². The second-order valence-corrected chi connectivity index (χ2v) is 15.0. The topological polar surface area (TPSA) is 44.8 Å². The van der Waals surface area contributed by atoms with E-state index < -0.39 is 8.32 Å². The van der Waals surface area contributed by atoms with Crippen molar-refractivity contribution in [3.8, 4) is 0 Å². The number of ether oxygens (including phenoxy) is 2. The van der Waals surface area contributed by atoms with Crippen molar-refractivity contribution >= 4 is 14.6 Å². The second kappa shape index (κ2) is 8.48. The first-order valence-electron chi connectivity index (χ1n) is 10.8. The van der Waals surface area contributed by atoms with Crippen LogP contribution in [0.2, 0.25) is 18.1 Å². The first-order valence-corrected chi connectivity index (χ1v) is 13.7. The third-order valence-corrected chi connectivity index (χ3v) is 11.8. The monoisotopic (exact) mass is 394 g/mol. The van der Waals surface area contributed by atoms with Gasteiger partial charge in [-0.25, -0.2) is 0 Å². The van der Waals surface area contributed by atoms with Crippen LogP contribution in [0.25, 0.3) is 0 Å². The SMILES string of the molecule is CC(C)(C)[Si](C)(C)OCC1C(OC2CCCCO2)CC2C=C(C=O)CCC21. The summed E-state index contributed by atoms with van der Waals surface area (Å²) in [5, 5.41) is 0.213. The molecule has 5 atom stereocenters. The summed E-state index contributed by atoms with van der Waals surface area (Å²) in [6, 6.07) is 0. The van der Waals surface area contributed by atoms with Gasteiger partial charge in [0, 0.05) is 19.1 Å². The van der Waals surface area contributed by atoms with Gasteiger partial charge in [0.15, 0.2) is 14.6 Å². The van der Waals surface area contributed by atoms with Gasteiger partial charge in [0.1, 0.15) is 6.29 Å². The maximum Gasteiger partial charge on any atom is 0.191 e. The molecule has 0 aromatic heterocycles. The Morgan fingerprint density at radius 3 is 2.67 bits per heavy atom. The highest BCUT2D eigenvalue weighted by Crippen LogP contribution is 2.47. The molecule has 0 amide bonds. The summed E-state index contributed by atoms with van der Waals surface area (Å²) in [6.07, 6.45) is 9.65. The Morgan fingerprint density at radius 2 is 2.04 bits per heavy atom. The Bertz CT molecular complexity index is 545. The third-order valence-electron chi connectivity index (χ3n) is 7.34. The van der Waals surface area contributed by atoms with Crippen molar-refractivity contribution < 1.29 is 18.7 Å². The van der Waals surface area contributed by atoms with Gasteiger partial charge in [0.2, 0.25) is 0 Å². The maximum atomic E-state index is 11.3. The van der Waals surface area contributed by atoms with Gasteiger partial charge in [0.05, 0.1) is 6.10 Å². The number of carbonyl (C=O) groups is 1. The highest BCUT2D eigenvalue weighted by Gasteiger charge is 2.47. The molecule has 0 bridgehead atoms. The summed E-state index contributed by atoms with van der Waals surface area (Å²) in [4.78, 5) is 11.3. The van der Waals surface area contributed by atoms with E-state index in [2.05, 4.69) is 39.9 Å². The van der Waals surface area contributed by atoms with Crippen LogP contribution in [0, 0.1) is 17.8 Å². The molecule has 2 aliphatic carbocycles. The van der Waals surface area contributed by atoms with E-state index in [0.29, 0.717) is 17.8 Å². The van der Waals surface area contributed by atoms with Crippen LogP contribution in [0.3, 0.4) is 0 Å². The molecule has 27 heavy (non-hydrogen) atoms. The average Bonchev–Trinajstić information content (AvgIpc) is 2.96. The molecule has 2 fully saturated rings. The van der Waals surface area contributed by atoms with E-state index in [1.165, 1.54) is 6.42 Å². The number of rotatable bonds is 6. The van der Waals surface area contributed by atoms with Gasteiger partial charge in [-0.15, -0.1) is 0 Å². The Labute approximate surface area is 166 Å². The van der Waals surface area contributed by atoms with E-state index in [1.807, 2.05) is 0 Å². The van der Waals surface area contributed by atoms with Crippen LogP contribution in [0.5, 0.6) is 0 Å². The summed E-state index contributed by atoms with van der Waals surface area (Å²) in [6.45, 7) is 13.1. The summed E-state index contributed by atoms with van der Waals surface area (Å²) in [7, 11) is -1.79. The fourth-order valence-corrected chi connectivity index (χ4v) is 5.58. The van der Waals surface area contributed by atoms with Crippen LogP contribution in [-0.4, -0.2) is 40.2 Å². The lowest BCUT2D eigenvalue weighted by Gasteiger charge is -2.39. The van der Waals surface area contributed by atoms with Gasteiger partial charge < -0.3 is 13.9 Å². The highest BCUT2D eigenvalue weighted by atomic mass is 28.4. The van der Waals surface area contributed by atoms with Crippen LogP contribution < -0.4 is 0 Å². The van der Waals surface area contributed by atoms with E-state index in [9.17, 15) is 4.79 Å². The predicted molar refractivity (Wildman–Crippen MR) is 110 cm³/mol. The minimum absolute atomic E-state index is 0.0613. The van der Waals surface area contributed by atoms with E-state index in [-0.39, 0.29) is 17.4 Å². The number of carbonyl (C=O) groups excluding carboxylic acids is 1. The van der Waals surface area contributed by atoms with Crippen molar-refractivity contribution in [3.63, 3.8) is 0 Å². The molecule has 154 valence electrons. The minimum atomic E-state index is -1.79. The number of hydrogen-bond acceptors (Lipinski definition) is 4. The van der Waals surface area contributed by atoms with Crippen molar-refractivity contribution in [2.24, 2.45) is 17.8 Å². The van der Waals surface area contributed by atoms with Gasteiger partial charge in [-0.05, 0) is 74.1 Å². The number of fused-ring (bicyclic) bond motifs is 1. The maximum absolute atomic E-state index is 11.3. The van der Waals surface area contributed by atoms with E-state index >= 15 is 0 Å². The minimum Gasteiger partial charge on any atom is -0.416 e. The standard InChI is InChI=1S/C22H38O4Si/c1-22(2,3)27(4,5)25-15-19-18-10-9-16(14-23)12-17(18)13-20(19)26-21-8-6-7-11-24-21/h12,14,17-21H,6-11,13,15H2,1-5H3. The molecule has 0 spiro atoms. The summed E-state index contributed by atoms with van der Waals surface area (Å²) >= 11 is 0. The van der Waals surface area contributed by atoms with Crippen molar-refractivity contribution in [2.75, 3.05) is 13.2 Å². The molecule has 1 heterocycles. The van der Waals surface area contributed by atoms with Gasteiger partial charge in [0.25, 0.3) is 0 Å². The zero-order chi connectivity index (χ0) is 19.7. The molecule has 0 aromatic rings.